The van der Waals surface area contributed by atoms with Gasteiger partial charge in [-0.3, -0.25) is 0 Å². The Bertz CT molecular complexity index is 882. The maximum atomic E-state index is 13.2. The first-order valence-electron chi connectivity index (χ1n) is 7.77. The molecule has 2 aromatic rings. The van der Waals surface area contributed by atoms with Gasteiger partial charge in [0.25, 0.3) is 0 Å². The minimum Gasteiger partial charge on any atom is -0.225 e. The fourth-order valence-corrected chi connectivity index (χ4v) is 3.85. The Balaban J connectivity index is 2.00. The molecule has 0 spiro atoms. The Kier molecular flexibility index (Phi) is 4.10. The zero-order valence-electron chi connectivity index (χ0n) is 13.7. The summed E-state index contributed by atoms with van der Waals surface area (Å²) < 4.78 is 36.0. The zero-order valence-corrected chi connectivity index (χ0v) is 14.5. The van der Waals surface area contributed by atoms with Crippen LogP contribution in [-0.4, -0.2) is 8.42 Å². The van der Waals surface area contributed by atoms with Crippen LogP contribution < -0.4 is 5.14 Å². The van der Waals surface area contributed by atoms with Crippen LogP contribution in [0.1, 0.15) is 37.3 Å². The molecule has 0 amide bonds. The molecule has 24 heavy (non-hydrogen) atoms. The van der Waals surface area contributed by atoms with Gasteiger partial charge in [-0.05, 0) is 52.8 Å². The van der Waals surface area contributed by atoms with Gasteiger partial charge in [-0.25, -0.2) is 17.9 Å². The fourth-order valence-electron chi connectivity index (χ4n) is 3.33. The summed E-state index contributed by atoms with van der Waals surface area (Å²) in [6, 6.07) is 13.2. The first-order chi connectivity index (χ1) is 11.2. The summed E-state index contributed by atoms with van der Waals surface area (Å²) in [5.41, 5.74) is 3.18. The molecule has 0 radical (unpaired) electrons. The molecule has 3 rings (SSSR count). The van der Waals surface area contributed by atoms with E-state index >= 15 is 0 Å². The van der Waals surface area contributed by atoms with E-state index in [-0.39, 0.29) is 22.0 Å². The third-order valence-electron chi connectivity index (χ3n) is 4.44. The van der Waals surface area contributed by atoms with E-state index in [1.165, 1.54) is 24.3 Å². The van der Waals surface area contributed by atoms with Crippen molar-refractivity contribution in [1.82, 2.24) is 0 Å². The largest absolute Gasteiger partial charge is 0.238 e. The molecule has 1 aliphatic carbocycles. The van der Waals surface area contributed by atoms with Crippen LogP contribution in [0.15, 0.2) is 59.5 Å². The molecule has 5 heteroatoms. The molecule has 2 aromatic carbocycles. The van der Waals surface area contributed by atoms with E-state index in [9.17, 15) is 12.8 Å². The normalized spacial score (nSPS) is 20.0. The van der Waals surface area contributed by atoms with E-state index in [1.54, 1.807) is 12.1 Å². The molecular formula is C19H20FNO2S. The highest BCUT2D eigenvalue weighted by Gasteiger charge is 2.33. The van der Waals surface area contributed by atoms with Crippen LogP contribution in [0.4, 0.5) is 4.39 Å². The Hall–Kier alpha value is -1.98. The van der Waals surface area contributed by atoms with Crippen molar-refractivity contribution in [2.45, 2.75) is 31.1 Å². The van der Waals surface area contributed by atoms with Crippen molar-refractivity contribution in [3.8, 4) is 0 Å². The number of hydrogen-bond acceptors (Lipinski definition) is 2. The first-order valence-corrected chi connectivity index (χ1v) is 9.32. The smallest absolute Gasteiger partial charge is 0.225 e. The molecule has 0 saturated heterocycles. The molecule has 0 fully saturated rings. The van der Waals surface area contributed by atoms with Gasteiger partial charge < -0.3 is 0 Å². The second-order valence-electron chi connectivity index (χ2n) is 6.97. The minimum absolute atomic E-state index is 0.0208. The van der Waals surface area contributed by atoms with Gasteiger partial charge >= 0.3 is 0 Å². The highest BCUT2D eigenvalue weighted by Crippen LogP contribution is 2.49. The lowest BCUT2D eigenvalue weighted by Crippen LogP contribution is -2.12. The highest BCUT2D eigenvalue weighted by molar-refractivity contribution is 7.89. The Morgan fingerprint density at radius 1 is 1.04 bits per heavy atom. The number of primary sulfonamides is 1. The third-order valence-corrected chi connectivity index (χ3v) is 5.37. The minimum atomic E-state index is -3.69. The number of rotatable bonds is 3. The van der Waals surface area contributed by atoms with Crippen molar-refractivity contribution in [3.05, 3.63) is 71.6 Å². The van der Waals surface area contributed by atoms with Gasteiger partial charge in [-0.2, -0.15) is 0 Å². The van der Waals surface area contributed by atoms with E-state index in [4.69, 9.17) is 5.14 Å². The van der Waals surface area contributed by atoms with Crippen molar-refractivity contribution in [3.63, 3.8) is 0 Å². The average Bonchev–Trinajstić information content (AvgIpc) is 2.83. The molecule has 2 N–H and O–H groups in total. The van der Waals surface area contributed by atoms with E-state index < -0.39 is 10.0 Å². The fraction of sp³-hybridized carbons (Fsp3) is 0.263. The predicted molar refractivity (Wildman–Crippen MR) is 93.3 cm³/mol. The Labute approximate surface area is 142 Å². The van der Waals surface area contributed by atoms with Crippen molar-refractivity contribution in [1.29, 1.82) is 0 Å². The molecule has 3 nitrogen and oxygen atoms in total. The lowest BCUT2D eigenvalue weighted by molar-refractivity contribution is 0.449. The lowest BCUT2D eigenvalue weighted by atomic mass is 9.85. The summed E-state index contributed by atoms with van der Waals surface area (Å²) in [6.07, 6.45) is 3.13. The van der Waals surface area contributed by atoms with Crippen molar-refractivity contribution < 1.29 is 12.8 Å². The quantitative estimate of drug-likeness (QED) is 0.911. The number of halogens is 1. The van der Waals surface area contributed by atoms with Gasteiger partial charge in [0.2, 0.25) is 10.0 Å². The summed E-state index contributed by atoms with van der Waals surface area (Å²) >= 11 is 0. The number of sulfonamides is 1. The van der Waals surface area contributed by atoms with Gasteiger partial charge in [0.05, 0.1) is 4.90 Å². The monoisotopic (exact) mass is 345 g/mol. The van der Waals surface area contributed by atoms with Crippen LogP contribution in [0.3, 0.4) is 0 Å². The number of allylic oxidation sites excluding steroid dienone is 2. The second kappa shape index (κ2) is 5.83. The molecule has 0 bridgehead atoms. The highest BCUT2D eigenvalue weighted by atomic mass is 32.2. The van der Waals surface area contributed by atoms with Gasteiger partial charge in [-0.1, -0.05) is 44.2 Å². The Morgan fingerprint density at radius 3 is 2.17 bits per heavy atom. The molecule has 0 saturated carbocycles. The molecule has 1 aliphatic rings. The standard InChI is InChI=1S/C19H20FNO2S/c1-19(2)11-17(13-3-7-15(20)8-4-13)18(12-19)14-5-9-16(10-6-14)24(21,22)23/h3-11,18H,12H2,1-2H3,(H2,21,22,23)/t18-/m1/s1. The van der Waals surface area contributed by atoms with Crippen LogP contribution in [0, 0.1) is 11.2 Å². The van der Waals surface area contributed by atoms with Crippen LogP contribution >= 0.6 is 0 Å². The van der Waals surface area contributed by atoms with Crippen LogP contribution in [0.2, 0.25) is 0 Å². The summed E-state index contributed by atoms with van der Waals surface area (Å²) in [4.78, 5) is 0.107. The maximum Gasteiger partial charge on any atom is 0.238 e. The number of hydrogen-bond donors (Lipinski definition) is 1. The van der Waals surface area contributed by atoms with Crippen molar-refractivity contribution in [2.75, 3.05) is 0 Å². The van der Waals surface area contributed by atoms with Gasteiger partial charge in [0.15, 0.2) is 0 Å². The molecule has 0 heterocycles. The van der Waals surface area contributed by atoms with Gasteiger partial charge in [0.1, 0.15) is 5.82 Å². The molecule has 0 aliphatic heterocycles. The summed E-state index contributed by atoms with van der Waals surface area (Å²) in [6.45, 7) is 4.32. The zero-order chi connectivity index (χ0) is 17.5. The lowest BCUT2D eigenvalue weighted by Gasteiger charge is -2.19. The molecule has 0 unspecified atom stereocenters. The second-order valence-corrected chi connectivity index (χ2v) is 8.53. The SMILES string of the molecule is CC1(C)C=C(c2ccc(F)cc2)[C@@H](c2ccc(S(N)(=O)=O)cc2)C1. The Morgan fingerprint density at radius 2 is 1.62 bits per heavy atom. The number of nitrogens with two attached hydrogens (primary N) is 1. The summed E-state index contributed by atoms with van der Waals surface area (Å²) in [5, 5.41) is 5.16. The van der Waals surface area contributed by atoms with Crippen molar-refractivity contribution in [2.24, 2.45) is 10.6 Å². The van der Waals surface area contributed by atoms with Crippen LogP contribution in [-0.2, 0) is 10.0 Å². The number of benzene rings is 2. The average molecular weight is 345 g/mol. The predicted octanol–water partition coefficient (Wildman–Crippen LogP) is 4.07. The van der Waals surface area contributed by atoms with Gasteiger partial charge in [0, 0.05) is 5.92 Å². The topological polar surface area (TPSA) is 60.2 Å². The van der Waals surface area contributed by atoms with E-state index in [2.05, 4.69) is 19.9 Å². The van der Waals surface area contributed by atoms with Crippen LogP contribution in [0.5, 0.6) is 0 Å². The molecule has 126 valence electrons. The third kappa shape index (κ3) is 3.42. The van der Waals surface area contributed by atoms with E-state index in [1.807, 2.05) is 12.1 Å². The molecular weight excluding hydrogens is 325 g/mol. The van der Waals surface area contributed by atoms with E-state index in [0.29, 0.717) is 0 Å². The van der Waals surface area contributed by atoms with Crippen molar-refractivity contribution >= 4 is 15.6 Å². The first kappa shape index (κ1) is 16.9. The summed E-state index contributed by atoms with van der Waals surface area (Å²) in [7, 11) is -3.69. The van der Waals surface area contributed by atoms with Gasteiger partial charge in [-0.15, -0.1) is 0 Å². The summed E-state index contributed by atoms with van der Waals surface area (Å²) in [5.74, 6) is -0.120. The van der Waals surface area contributed by atoms with Crippen LogP contribution in [0.25, 0.3) is 5.57 Å². The molecule has 1 atom stereocenters. The van der Waals surface area contributed by atoms with E-state index in [0.717, 1.165) is 23.1 Å². The maximum absolute atomic E-state index is 13.2. The molecule has 0 aromatic heterocycles.